The molecule has 106 valence electrons. The van der Waals surface area contributed by atoms with Gasteiger partial charge in [0, 0.05) is 6.07 Å². The van der Waals surface area contributed by atoms with Crippen molar-refractivity contribution in [3.63, 3.8) is 0 Å². The largest absolute Gasteiger partial charge is 0.496 e. The van der Waals surface area contributed by atoms with E-state index in [1.54, 1.807) is 0 Å². The maximum Gasteiger partial charge on any atom is 0.423 e. The van der Waals surface area contributed by atoms with Gasteiger partial charge in [-0.15, -0.1) is 0 Å². The van der Waals surface area contributed by atoms with Crippen LogP contribution in [0.2, 0.25) is 0 Å². The average molecular weight is 278 g/mol. The first kappa shape index (κ1) is 15.1. The standard InChI is InChI=1S/C12H13F3O4/c1-6(16)9-7(17-2)5-8(18-3)10(11(9)19-4)12(13,14)15/h5H,1-4H3. The van der Waals surface area contributed by atoms with Gasteiger partial charge in [0.15, 0.2) is 5.78 Å². The Hall–Kier alpha value is -1.92. The van der Waals surface area contributed by atoms with E-state index in [9.17, 15) is 18.0 Å². The second kappa shape index (κ2) is 5.38. The van der Waals surface area contributed by atoms with Crippen molar-refractivity contribution < 1.29 is 32.2 Å². The number of hydrogen-bond donors (Lipinski definition) is 0. The van der Waals surface area contributed by atoms with Crippen LogP contribution >= 0.6 is 0 Å². The molecule has 0 fully saturated rings. The molecule has 0 heterocycles. The number of benzene rings is 1. The number of carbonyl (C=O) groups excluding carboxylic acids is 1. The van der Waals surface area contributed by atoms with Crippen LogP contribution in [0.4, 0.5) is 13.2 Å². The van der Waals surface area contributed by atoms with Crippen LogP contribution in [0, 0.1) is 0 Å². The predicted molar refractivity (Wildman–Crippen MR) is 61.1 cm³/mol. The maximum absolute atomic E-state index is 13.0. The van der Waals surface area contributed by atoms with Gasteiger partial charge in [-0.25, -0.2) is 0 Å². The zero-order chi connectivity index (χ0) is 14.8. The van der Waals surface area contributed by atoms with Crippen LogP contribution in [0.3, 0.4) is 0 Å². The first-order chi connectivity index (χ1) is 8.77. The summed E-state index contributed by atoms with van der Waals surface area (Å²) in [5, 5.41) is 0. The summed E-state index contributed by atoms with van der Waals surface area (Å²) in [4.78, 5) is 11.5. The fourth-order valence-electron chi connectivity index (χ4n) is 1.74. The number of methoxy groups -OCH3 is 3. The SMILES string of the molecule is COc1cc(OC)c(C(F)(F)F)c(OC)c1C(C)=O. The van der Waals surface area contributed by atoms with E-state index in [0.717, 1.165) is 27.2 Å². The van der Waals surface area contributed by atoms with Crippen LogP contribution < -0.4 is 14.2 Å². The van der Waals surface area contributed by atoms with Crippen LogP contribution in [0.5, 0.6) is 17.2 Å². The minimum atomic E-state index is -4.72. The van der Waals surface area contributed by atoms with Crippen LogP contribution in [-0.4, -0.2) is 27.1 Å². The van der Waals surface area contributed by atoms with Crippen molar-refractivity contribution in [1.82, 2.24) is 0 Å². The lowest BCUT2D eigenvalue weighted by Gasteiger charge is -2.20. The lowest BCUT2D eigenvalue weighted by Crippen LogP contribution is -2.13. The van der Waals surface area contributed by atoms with E-state index in [4.69, 9.17) is 14.2 Å². The van der Waals surface area contributed by atoms with Gasteiger partial charge in [-0.05, 0) is 6.92 Å². The number of ketones is 1. The third-order valence-electron chi connectivity index (χ3n) is 2.49. The number of ether oxygens (including phenoxy) is 3. The van der Waals surface area contributed by atoms with Gasteiger partial charge >= 0.3 is 6.18 Å². The van der Waals surface area contributed by atoms with Crippen molar-refractivity contribution in [2.75, 3.05) is 21.3 Å². The Morgan fingerprint density at radius 2 is 1.58 bits per heavy atom. The van der Waals surface area contributed by atoms with Crippen LogP contribution in [0.15, 0.2) is 6.07 Å². The molecule has 0 N–H and O–H groups in total. The van der Waals surface area contributed by atoms with Gasteiger partial charge in [0.05, 0.1) is 21.3 Å². The number of rotatable bonds is 4. The van der Waals surface area contributed by atoms with E-state index >= 15 is 0 Å². The van der Waals surface area contributed by atoms with E-state index in [-0.39, 0.29) is 11.3 Å². The summed E-state index contributed by atoms with van der Waals surface area (Å²) in [6, 6.07) is 1.02. The van der Waals surface area contributed by atoms with Crippen molar-refractivity contribution in [3.8, 4) is 17.2 Å². The summed E-state index contributed by atoms with van der Waals surface area (Å²) < 4.78 is 53.5. The Labute approximate surface area is 108 Å². The van der Waals surface area contributed by atoms with Crippen molar-refractivity contribution in [2.45, 2.75) is 13.1 Å². The second-order valence-corrected chi connectivity index (χ2v) is 3.62. The van der Waals surface area contributed by atoms with Crippen molar-refractivity contribution in [2.24, 2.45) is 0 Å². The molecule has 0 aliphatic rings. The molecule has 1 rings (SSSR count). The first-order valence-corrected chi connectivity index (χ1v) is 5.19. The molecule has 0 radical (unpaired) electrons. The second-order valence-electron chi connectivity index (χ2n) is 3.62. The van der Waals surface area contributed by atoms with Gasteiger partial charge in [-0.1, -0.05) is 0 Å². The monoisotopic (exact) mass is 278 g/mol. The molecule has 0 spiro atoms. The Bertz CT molecular complexity index is 495. The molecular weight excluding hydrogens is 265 g/mol. The Balaban J connectivity index is 3.80. The molecule has 0 unspecified atom stereocenters. The first-order valence-electron chi connectivity index (χ1n) is 5.19. The molecule has 0 aliphatic heterocycles. The molecule has 4 nitrogen and oxygen atoms in total. The lowest BCUT2D eigenvalue weighted by molar-refractivity contribution is -0.140. The molecule has 0 atom stereocenters. The minimum absolute atomic E-state index is 0.0331. The third-order valence-corrected chi connectivity index (χ3v) is 2.49. The van der Waals surface area contributed by atoms with Crippen LogP contribution in [0.25, 0.3) is 0 Å². The summed E-state index contributed by atoms with van der Waals surface area (Å²) in [6.07, 6.45) is -4.72. The molecule has 1 aromatic rings. The summed E-state index contributed by atoms with van der Waals surface area (Å²) in [5.74, 6) is -1.70. The topological polar surface area (TPSA) is 44.8 Å². The molecule has 0 aliphatic carbocycles. The number of halogens is 3. The molecule has 0 bridgehead atoms. The Kier molecular flexibility index (Phi) is 4.28. The van der Waals surface area contributed by atoms with Gasteiger partial charge in [0.1, 0.15) is 28.4 Å². The van der Waals surface area contributed by atoms with E-state index < -0.39 is 29.0 Å². The van der Waals surface area contributed by atoms with Crippen molar-refractivity contribution >= 4 is 5.78 Å². The molecule has 0 saturated carbocycles. The Morgan fingerprint density at radius 1 is 1.05 bits per heavy atom. The minimum Gasteiger partial charge on any atom is -0.496 e. The molecule has 0 saturated heterocycles. The molecular formula is C12H13F3O4. The summed E-state index contributed by atoms with van der Waals surface area (Å²) >= 11 is 0. The van der Waals surface area contributed by atoms with E-state index in [2.05, 4.69) is 0 Å². The van der Waals surface area contributed by atoms with Gasteiger partial charge in [0.2, 0.25) is 0 Å². The fraction of sp³-hybridized carbons (Fsp3) is 0.417. The highest BCUT2D eigenvalue weighted by Gasteiger charge is 2.41. The highest BCUT2D eigenvalue weighted by molar-refractivity contribution is 6.00. The average Bonchev–Trinajstić information content (AvgIpc) is 2.34. The highest BCUT2D eigenvalue weighted by atomic mass is 19.4. The smallest absolute Gasteiger partial charge is 0.423 e. The molecule has 7 heteroatoms. The predicted octanol–water partition coefficient (Wildman–Crippen LogP) is 2.93. The molecule has 0 aromatic heterocycles. The van der Waals surface area contributed by atoms with Crippen molar-refractivity contribution in [3.05, 3.63) is 17.2 Å². The zero-order valence-electron chi connectivity index (χ0n) is 10.8. The number of hydrogen-bond acceptors (Lipinski definition) is 4. The van der Waals surface area contributed by atoms with Gasteiger partial charge in [-0.2, -0.15) is 13.2 Å². The zero-order valence-corrected chi connectivity index (χ0v) is 10.8. The molecule has 1 aromatic carbocycles. The van der Waals surface area contributed by atoms with E-state index in [1.807, 2.05) is 0 Å². The third kappa shape index (κ3) is 2.74. The van der Waals surface area contributed by atoms with Gasteiger partial charge in [0.25, 0.3) is 0 Å². The van der Waals surface area contributed by atoms with E-state index in [1.165, 1.54) is 7.11 Å². The highest BCUT2D eigenvalue weighted by Crippen LogP contribution is 2.47. The molecule has 19 heavy (non-hydrogen) atoms. The summed E-state index contributed by atoms with van der Waals surface area (Å²) in [5.41, 5.74) is -1.40. The lowest BCUT2D eigenvalue weighted by atomic mass is 10.0. The number of carbonyl (C=O) groups is 1. The summed E-state index contributed by atoms with van der Waals surface area (Å²) in [6.45, 7) is 1.13. The Morgan fingerprint density at radius 3 is 1.89 bits per heavy atom. The van der Waals surface area contributed by atoms with Gasteiger partial charge < -0.3 is 14.2 Å². The maximum atomic E-state index is 13.0. The fourth-order valence-corrected chi connectivity index (χ4v) is 1.74. The van der Waals surface area contributed by atoms with Crippen molar-refractivity contribution in [1.29, 1.82) is 0 Å². The normalized spacial score (nSPS) is 11.1. The summed E-state index contributed by atoms with van der Waals surface area (Å²) in [7, 11) is 3.39. The van der Waals surface area contributed by atoms with Gasteiger partial charge in [-0.3, -0.25) is 4.79 Å². The number of alkyl halides is 3. The number of Topliss-reactive ketones (excluding diaryl/α,β-unsaturated/α-hetero) is 1. The molecule has 0 amide bonds. The quantitative estimate of drug-likeness (QED) is 0.794. The van der Waals surface area contributed by atoms with E-state index in [0.29, 0.717) is 0 Å². The van der Waals surface area contributed by atoms with Crippen LogP contribution in [0.1, 0.15) is 22.8 Å². The van der Waals surface area contributed by atoms with Crippen LogP contribution in [-0.2, 0) is 6.18 Å².